The first kappa shape index (κ1) is 22.4. The van der Waals surface area contributed by atoms with Crippen LogP contribution >= 0.6 is 23.2 Å². The van der Waals surface area contributed by atoms with E-state index in [4.69, 9.17) is 40.1 Å². The van der Waals surface area contributed by atoms with Gasteiger partial charge >= 0.3 is 0 Å². The Bertz CT molecular complexity index is 856. The zero-order valence-corrected chi connectivity index (χ0v) is 18.3. The molecular weight excluding hydrogens is 395 g/mol. The first-order chi connectivity index (χ1) is 13.2. The molecule has 0 unspecified atom stereocenters. The van der Waals surface area contributed by atoms with E-state index in [1.165, 1.54) is 0 Å². The Hall–Kier alpha value is -1.89. The molecule has 8 heteroatoms. The molecule has 6 nitrogen and oxygen atoms in total. The van der Waals surface area contributed by atoms with Gasteiger partial charge < -0.3 is 16.4 Å². The van der Waals surface area contributed by atoms with Crippen LogP contribution in [0.4, 0.5) is 11.6 Å². The highest BCUT2D eigenvalue weighted by Gasteiger charge is 2.28. The van der Waals surface area contributed by atoms with Crippen molar-refractivity contribution in [2.24, 2.45) is 5.73 Å². The van der Waals surface area contributed by atoms with E-state index in [2.05, 4.69) is 21.8 Å². The summed E-state index contributed by atoms with van der Waals surface area (Å²) >= 11 is 12.3. The predicted octanol–water partition coefficient (Wildman–Crippen LogP) is 4.43. The van der Waals surface area contributed by atoms with Crippen LogP contribution in [0.3, 0.4) is 0 Å². The SMILES string of the molecule is CC.Cc1nc(C(=N)c2cccc(Cl)c2Cl)c(N)nc1N1CCC(C)(N)CC1. The standard InChI is InChI=1S/C18H22Cl2N6.C2H6/c1-10-17(26-8-6-18(2,23)7-9-26)25-16(22)15(24-10)14(21)11-4-3-5-12(19)13(11)20;1-2/h3-5,21H,6-9,23H2,1-2H3,(H2,22,25);1-2H3. The van der Waals surface area contributed by atoms with Gasteiger partial charge in [-0.1, -0.05) is 49.2 Å². The van der Waals surface area contributed by atoms with Crippen LogP contribution in [0.25, 0.3) is 0 Å². The second-order valence-corrected chi connectivity index (χ2v) is 7.77. The number of hydrogen-bond acceptors (Lipinski definition) is 6. The van der Waals surface area contributed by atoms with Crippen LogP contribution in [0.5, 0.6) is 0 Å². The van der Waals surface area contributed by atoms with Crippen LogP contribution in [0.1, 0.15) is 50.6 Å². The topological polar surface area (TPSA) is 105 Å². The number of nitrogen functional groups attached to an aromatic ring is 1. The van der Waals surface area contributed by atoms with E-state index in [1.54, 1.807) is 18.2 Å². The molecule has 1 fully saturated rings. The molecule has 0 atom stereocenters. The lowest BCUT2D eigenvalue weighted by Gasteiger charge is -2.37. The maximum Gasteiger partial charge on any atom is 0.154 e. The van der Waals surface area contributed by atoms with E-state index >= 15 is 0 Å². The van der Waals surface area contributed by atoms with Crippen molar-refractivity contribution in [3.05, 3.63) is 45.2 Å². The van der Waals surface area contributed by atoms with Gasteiger partial charge in [0.15, 0.2) is 11.6 Å². The van der Waals surface area contributed by atoms with E-state index < -0.39 is 0 Å². The fourth-order valence-electron chi connectivity index (χ4n) is 3.06. The van der Waals surface area contributed by atoms with Crippen molar-refractivity contribution in [2.45, 2.75) is 46.1 Å². The van der Waals surface area contributed by atoms with E-state index in [1.807, 2.05) is 20.8 Å². The molecule has 0 bridgehead atoms. The summed E-state index contributed by atoms with van der Waals surface area (Å²) in [5.41, 5.74) is 13.8. The summed E-state index contributed by atoms with van der Waals surface area (Å²) in [5, 5.41) is 9.14. The second-order valence-electron chi connectivity index (χ2n) is 6.98. The van der Waals surface area contributed by atoms with Gasteiger partial charge in [0.25, 0.3) is 0 Å². The smallest absolute Gasteiger partial charge is 0.154 e. The maximum atomic E-state index is 8.46. The number of hydrogen-bond donors (Lipinski definition) is 3. The van der Waals surface area contributed by atoms with E-state index in [-0.39, 0.29) is 17.1 Å². The van der Waals surface area contributed by atoms with Crippen molar-refractivity contribution in [1.82, 2.24) is 9.97 Å². The molecule has 1 aliphatic heterocycles. The third-order valence-electron chi connectivity index (χ3n) is 4.74. The monoisotopic (exact) mass is 422 g/mol. The molecule has 3 rings (SSSR count). The van der Waals surface area contributed by atoms with Gasteiger partial charge in [0.05, 0.1) is 21.5 Å². The van der Waals surface area contributed by atoms with Crippen molar-refractivity contribution in [3.63, 3.8) is 0 Å². The Morgan fingerprint density at radius 3 is 2.39 bits per heavy atom. The molecule has 1 aliphatic rings. The minimum atomic E-state index is -0.144. The number of aromatic nitrogens is 2. The number of halogens is 2. The highest BCUT2D eigenvalue weighted by molar-refractivity contribution is 6.44. The van der Waals surface area contributed by atoms with Gasteiger partial charge in [0.2, 0.25) is 0 Å². The zero-order chi connectivity index (χ0) is 21.1. The molecule has 0 aliphatic carbocycles. The van der Waals surface area contributed by atoms with Crippen LogP contribution in [-0.4, -0.2) is 34.3 Å². The minimum absolute atomic E-state index is 0.102. The highest BCUT2D eigenvalue weighted by Crippen LogP contribution is 2.30. The number of nitrogens with zero attached hydrogens (tertiary/aromatic N) is 3. The molecule has 5 N–H and O–H groups in total. The van der Waals surface area contributed by atoms with Gasteiger partial charge in [-0.05, 0) is 32.8 Å². The molecule has 2 heterocycles. The van der Waals surface area contributed by atoms with Gasteiger partial charge in [0.1, 0.15) is 5.69 Å². The van der Waals surface area contributed by atoms with Gasteiger partial charge in [-0.3, -0.25) is 5.41 Å². The van der Waals surface area contributed by atoms with Crippen LogP contribution < -0.4 is 16.4 Å². The first-order valence-corrected chi connectivity index (χ1v) is 10.2. The third kappa shape index (κ3) is 4.74. The van der Waals surface area contributed by atoms with Crippen LogP contribution in [0.2, 0.25) is 10.0 Å². The fraction of sp³-hybridized carbons (Fsp3) is 0.450. The number of nitrogens with one attached hydrogen (secondary N) is 1. The molecule has 28 heavy (non-hydrogen) atoms. The maximum absolute atomic E-state index is 8.46. The largest absolute Gasteiger partial charge is 0.382 e. The van der Waals surface area contributed by atoms with Gasteiger partial charge in [-0.15, -0.1) is 0 Å². The summed E-state index contributed by atoms with van der Waals surface area (Å²) in [5.74, 6) is 0.944. The molecule has 0 spiro atoms. The van der Waals surface area contributed by atoms with Gasteiger partial charge in [-0.25, -0.2) is 9.97 Å². The minimum Gasteiger partial charge on any atom is -0.382 e. The summed E-state index contributed by atoms with van der Waals surface area (Å²) < 4.78 is 0. The lowest BCUT2D eigenvalue weighted by atomic mass is 9.91. The summed E-state index contributed by atoms with van der Waals surface area (Å²) in [7, 11) is 0. The van der Waals surface area contributed by atoms with Crippen molar-refractivity contribution < 1.29 is 0 Å². The van der Waals surface area contributed by atoms with Crippen LogP contribution in [-0.2, 0) is 0 Å². The number of nitrogens with two attached hydrogens (primary N) is 2. The van der Waals surface area contributed by atoms with E-state index in [0.717, 1.165) is 37.4 Å². The van der Waals surface area contributed by atoms with Gasteiger partial charge in [0, 0.05) is 24.2 Å². The molecule has 1 aromatic heterocycles. The first-order valence-electron chi connectivity index (χ1n) is 9.41. The third-order valence-corrected chi connectivity index (χ3v) is 5.55. The van der Waals surface area contributed by atoms with Gasteiger partial charge in [-0.2, -0.15) is 0 Å². The molecule has 0 saturated carbocycles. The summed E-state index contributed by atoms with van der Waals surface area (Å²) in [6, 6.07) is 5.12. The number of rotatable bonds is 3. The van der Waals surface area contributed by atoms with Crippen LogP contribution in [0.15, 0.2) is 18.2 Å². The van der Waals surface area contributed by atoms with Crippen molar-refractivity contribution >= 4 is 40.5 Å². The molecule has 0 amide bonds. The molecule has 152 valence electrons. The summed E-state index contributed by atoms with van der Waals surface area (Å²) in [6.07, 6.45) is 1.76. The molecule has 1 aromatic carbocycles. The highest BCUT2D eigenvalue weighted by atomic mass is 35.5. The van der Waals surface area contributed by atoms with E-state index in [9.17, 15) is 0 Å². The van der Waals surface area contributed by atoms with Crippen LogP contribution in [0, 0.1) is 12.3 Å². The lowest BCUT2D eigenvalue weighted by Crippen LogP contribution is -2.48. The summed E-state index contributed by atoms with van der Waals surface area (Å²) in [4.78, 5) is 11.2. The molecule has 2 aromatic rings. The van der Waals surface area contributed by atoms with Crippen molar-refractivity contribution in [3.8, 4) is 0 Å². The summed E-state index contributed by atoms with van der Waals surface area (Å²) in [6.45, 7) is 9.54. The molecule has 0 radical (unpaired) electrons. The van der Waals surface area contributed by atoms with Crippen molar-refractivity contribution in [2.75, 3.05) is 23.7 Å². The molecule has 1 saturated heterocycles. The van der Waals surface area contributed by atoms with Crippen molar-refractivity contribution in [1.29, 1.82) is 5.41 Å². The Morgan fingerprint density at radius 1 is 1.18 bits per heavy atom. The Balaban J connectivity index is 0.00000136. The number of anilines is 2. The zero-order valence-electron chi connectivity index (χ0n) is 16.8. The number of aryl methyl sites for hydroxylation is 1. The average molecular weight is 423 g/mol. The second kappa shape index (κ2) is 9.07. The Morgan fingerprint density at radius 2 is 1.79 bits per heavy atom. The van der Waals surface area contributed by atoms with E-state index in [0.29, 0.717) is 21.3 Å². The Labute approximate surface area is 176 Å². The molecular formula is C20H28Cl2N6. The predicted molar refractivity (Wildman–Crippen MR) is 119 cm³/mol. The quantitative estimate of drug-likeness (QED) is 0.634. The Kier molecular flexibility index (Phi) is 7.26. The number of piperidine rings is 1. The average Bonchev–Trinajstić information content (AvgIpc) is 2.67. The number of benzene rings is 1. The normalized spacial score (nSPS) is 15.6. The fourth-order valence-corrected chi connectivity index (χ4v) is 3.46. The lowest BCUT2D eigenvalue weighted by molar-refractivity contribution is 0.362.